The van der Waals surface area contributed by atoms with Crippen LogP contribution in [0.4, 0.5) is 17.3 Å². The topological polar surface area (TPSA) is 102 Å². The Kier molecular flexibility index (Phi) is 6.30. The van der Waals surface area contributed by atoms with Gasteiger partial charge in [0.05, 0.1) is 12.0 Å². The van der Waals surface area contributed by atoms with Crippen LogP contribution in [-0.4, -0.2) is 28.5 Å². The summed E-state index contributed by atoms with van der Waals surface area (Å²) in [5.41, 5.74) is 0.825. The molecule has 0 aliphatic carbocycles. The summed E-state index contributed by atoms with van der Waals surface area (Å²) in [6.45, 7) is 3.10. The predicted molar refractivity (Wildman–Crippen MR) is 92.4 cm³/mol. The standard InChI is InChI=1S/C16H21N5O3/c1-3-4-9-17-15-14(21(22)23)16(20-11-19-15)18-10-12-5-7-13(24-2)8-6-12/h5-8,11H,3-4,9-10H2,1-2H3,(H2,17,18,19,20). The molecule has 1 aromatic heterocycles. The molecule has 8 nitrogen and oxygen atoms in total. The first-order valence-electron chi connectivity index (χ1n) is 7.75. The molecule has 0 bridgehead atoms. The molecule has 2 rings (SSSR count). The van der Waals surface area contributed by atoms with Crippen LogP contribution in [-0.2, 0) is 6.54 Å². The molecule has 1 heterocycles. The number of aromatic nitrogens is 2. The average Bonchev–Trinajstić information content (AvgIpc) is 2.60. The van der Waals surface area contributed by atoms with E-state index in [0.717, 1.165) is 24.2 Å². The zero-order valence-electron chi connectivity index (χ0n) is 13.8. The highest BCUT2D eigenvalue weighted by molar-refractivity contribution is 5.69. The van der Waals surface area contributed by atoms with E-state index in [2.05, 4.69) is 27.5 Å². The van der Waals surface area contributed by atoms with Gasteiger partial charge in [0.1, 0.15) is 12.1 Å². The summed E-state index contributed by atoms with van der Waals surface area (Å²) in [7, 11) is 1.60. The first kappa shape index (κ1) is 17.5. The Morgan fingerprint density at radius 1 is 1.17 bits per heavy atom. The average molecular weight is 331 g/mol. The van der Waals surface area contributed by atoms with Gasteiger partial charge in [-0.1, -0.05) is 25.5 Å². The van der Waals surface area contributed by atoms with Crippen LogP contribution in [0.25, 0.3) is 0 Å². The van der Waals surface area contributed by atoms with Gasteiger partial charge >= 0.3 is 5.69 Å². The molecule has 0 aliphatic heterocycles. The van der Waals surface area contributed by atoms with Gasteiger partial charge in [-0.25, -0.2) is 9.97 Å². The van der Waals surface area contributed by atoms with Crippen molar-refractivity contribution in [2.24, 2.45) is 0 Å². The molecule has 0 saturated heterocycles. The van der Waals surface area contributed by atoms with Crippen molar-refractivity contribution in [1.82, 2.24) is 9.97 Å². The van der Waals surface area contributed by atoms with E-state index in [1.165, 1.54) is 6.33 Å². The van der Waals surface area contributed by atoms with Crippen LogP contribution < -0.4 is 15.4 Å². The third kappa shape index (κ3) is 4.55. The first-order valence-corrected chi connectivity index (χ1v) is 7.75. The van der Waals surface area contributed by atoms with Crippen molar-refractivity contribution < 1.29 is 9.66 Å². The van der Waals surface area contributed by atoms with E-state index in [0.29, 0.717) is 13.1 Å². The Balaban J connectivity index is 2.13. The van der Waals surface area contributed by atoms with E-state index >= 15 is 0 Å². The smallest absolute Gasteiger partial charge is 0.353 e. The lowest BCUT2D eigenvalue weighted by molar-refractivity contribution is -0.383. The van der Waals surface area contributed by atoms with Crippen LogP contribution in [0.5, 0.6) is 5.75 Å². The molecule has 1 aromatic carbocycles. The summed E-state index contributed by atoms with van der Waals surface area (Å²) in [5.74, 6) is 1.19. The van der Waals surface area contributed by atoms with Gasteiger partial charge < -0.3 is 15.4 Å². The van der Waals surface area contributed by atoms with Crippen LogP contribution in [0.15, 0.2) is 30.6 Å². The van der Waals surface area contributed by atoms with Crippen LogP contribution in [0.1, 0.15) is 25.3 Å². The van der Waals surface area contributed by atoms with Gasteiger partial charge in [-0.15, -0.1) is 0 Å². The Morgan fingerprint density at radius 3 is 2.42 bits per heavy atom. The van der Waals surface area contributed by atoms with Gasteiger partial charge in [-0.2, -0.15) is 0 Å². The molecule has 2 N–H and O–H groups in total. The molecular weight excluding hydrogens is 310 g/mol. The maximum absolute atomic E-state index is 11.4. The SMILES string of the molecule is CCCCNc1ncnc(NCc2ccc(OC)cc2)c1[N+](=O)[O-]. The first-order chi connectivity index (χ1) is 11.7. The third-order valence-electron chi connectivity index (χ3n) is 3.45. The summed E-state index contributed by atoms with van der Waals surface area (Å²) in [6.07, 6.45) is 3.22. The summed E-state index contributed by atoms with van der Waals surface area (Å²) in [4.78, 5) is 18.9. The second-order valence-electron chi connectivity index (χ2n) is 5.16. The molecule has 0 aliphatic rings. The van der Waals surface area contributed by atoms with Crippen LogP contribution >= 0.6 is 0 Å². The lowest BCUT2D eigenvalue weighted by Gasteiger charge is -2.10. The van der Waals surface area contributed by atoms with Crippen LogP contribution in [0, 0.1) is 10.1 Å². The molecule has 0 unspecified atom stereocenters. The molecule has 8 heteroatoms. The molecule has 0 fully saturated rings. The predicted octanol–water partition coefficient (Wildman–Crippen LogP) is 3.22. The van der Waals surface area contributed by atoms with Crippen LogP contribution in [0.2, 0.25) is 0 Å². The number of nitrogens with one attached hydrogen (secondary N) is 2. The Morgan fingerprint density at radius 2 is 1.83 bits per heavy atom. The minimum Gasteiger partial charge on any atom is -0.497 e. The number of methoxy groups -OCH3 is 1. The minimum atomic E-state index is -0.468. The highest BCUT2D eigenvalue weighted by atomic mass is 16.6. The molecule has 0 saturated carbocycles. The number of anilines is 2. The van der Waals surface area contributed by atoms with Crippen molar-refractivity contribution in [3.63, 3.8) is 0 Å². The fourth-order valence-electron chi connectivity index (χ4n) is 2.12. The molecule has 0 radical (unpaired) electrons. The van der Waals surface area contributed by atoms with Crippen molar-refractivity contribution in [2.75, 3.05) is 24.3 Å². The molecule has 0 spiro atoms. The second-order valence-corrected chi connectivity index (χ2v) is 5.16. The second kappa shape index (κ2) is 8.66. The minimum absolute atomic E-state index is 0.137. The number of nitro groups is 1. The number of ether oxygens (including phenoxy) is 1. The summed E-state index contributed by atoms with van der Waals surface area (Å²) in [5, 5.41) is 17.4. The number of benzene rings is 1. The fraction of sp³-hybridized carbons (Fsp3) is 0.375. The summed E-state index contributed by atoms with van der Waals surface area (Å²) >= 11 is 0. The lowest BCUT2D eigenvalue weighted by Crippen LogP contribution is -2.10. The van der Waals surface area contributed by atoms with E-state index in [1.807, 2.05) is 24.3 Å². The molecule has 0 atom stereocenters. The highest BCUT2D eigenvalue weighted by Gasteiger charge is 2.22. The Bertz CT molecular complexity index is 676. The number of rotatable bonds is 9. The number of nitrogens with zero attached hydrogens (tertiary/aromatic N) is 3. The Labute approximate surface area is 140 Å². The monoisotopic (exact) mass is 331 g/mol. The molecule has 0 amide bonds. The molecule has 24 heavy (non-hydrogen) atoms. The number of hydrogen-bond acceptors (Lipinski definition) is 7. The largest absolute Gasteiger partial charge is 0.497 e. The van der Waals surface area contributed by atoms with Gasteiger partial charge in [0, 0.05) is 13.1 Å². The van der Waals surface area contributed by atoms with Crippen molar-refractivity contribution in [3.05, 3.63) is 46.3 Å². The van der Waals surface area contributed by atoms with Crippen LogP contribution in [0.3, 0.4) is 0 Å². The van der Waals surface area contributed by atoms with E-state index in [9.17, 15) is 10.1 Å². The van der Waals surface area contributed by atoms with E-state index in [4.69, 9.17) is 4.74 Å². The van der Waals surface area contributed by atoms with E-state index < -0.39 is 4.92 Å². The zero-order chi connectivity index (χ0) is 17.4. The van der Waals surface area contributed by atoms with Gasteiger partial charge in [0.2, 0.25) is 11.6 Å². The zero-order valence-corrected chi connectivity index (χ0v) is 13.8. The maximum atomic E-state index is 11.4. The molecular formula is C16H21N5O3. The van der Waals surface area contributed by atoms with E-state index in [-0.39, 0.29) is 17.3 Å². The van der Waals surface area contributed by atoms with Crippen molar-refractivity contribution in [3.8, 4) is 5.75 Å². The van der Waals surface area contributed by atoms with Gasteiger partial charge in [0.15, 0.2) is 0 Å². The maximum Gasteiger partial charge on any atom is 0.353 e. The van der Waals surface area contributed by atoms with Gasteiger partial charge in [0.25, 0.3) is 0 Å². The number of hydrogen-bond donors (Lipinski definition) is 2. The fourth-order valence-corrected chi connectivity index (χ4v) is 2.12. The molecule has 128 valence electrons. The third-order valence-corrected chi connectivity index (χ3v) is 3.45. The highest BCUT2D eigenvalue weighted by Crippen LogP contribution is 2.29. The summed E-state index contributed by atoms with van der Waals surface area (Å²) < 4.78 is 5.11. The molecule has 2 aromatic rings. The van der Waals surface area contributed by atoms with Gasteiger partial charge in [-0.3, -0.25) is 10.1 Å². The van der Waals surface area contributed by atoms with Crippen molar-refractivity contribution >= 4 is 17.3 Å². The summed E-state index contributed by atoms with van der Waals surface area (Å²) in [6, 6.07) is 7.45. The van der Waals surface area contributed by atoms with Crippen molar-refractivity contribution in [1.29, 1.82) is 0 Å². The lowest BCUT2D eigenvalue weighted by atomic mass is 10.2. The van der Waals surface area contributed by atoms with Gasteiger partial charge in [-0.05, 0) is 24.1 Å². The van der Waals surface area contributed by atoms with E-state index in [1.54, 1.807) is 7.11 Å². The normalized spacial score (nSPS) is 10.2. The quantitative estimate of drug-likeness (QED) is 0.413. The number of unbranched alkanes of at least 4 members (excludes halogenated alkanes) is 1. The van der Waals surface area contributed by atoms with Crippen molar-refractivity contribution in [2.45, 2.75) is 26.3 Å². The Hall–Kier alpha value is -2.90.